The van der Waals surface area contributed by atoms with Crippen molar-refractivity contribution in [3.05, 3.63) is 35.9 Å². The molecule has 1 aromatic rings. The molecule has 0 unspecified atom stereocenters. The molecule has 9 heteroatoms. The predicted molar refractivity (Wildman–Crippen MR) is 46.5 cm³/mol. The monoisotopic (exact) mass is 416 g/mol. The second-order valence-electron chi connectivity index (χ2n) is 4.12. The van der Waals surface area contributed by atoms with E-state index in [1.807, 2.05) is 0 Å². The van der Waals surface area contributed by atoms with Gasteiger partial charge >= 0.3 is 84.8 Å². The van der Waals surface area contributed by atoms with Crippen LogP contribution in [0.2, 0.25) is 0 Å². The molecule has 0 atom stereocenters. The SMILES string of the molecule is CC(C)(C)c1ccccc1.[O]=[Ti]([O-])[O-].[O]=[Ti]([O-])[O-].[Zr+4]. The van der Waals surface area contributed by atoms with Gasteiger partial charge in [-0.2, -0.15) is 0 Å². The van der Waals surface area contributed by atoms with Gasteiger partial charge in [0.05, 0.1) is 0 Å². The molecule has 0 bridgehead atoms. The molecule has 6 nitrogen and oxygen atoms in total. The molecular weight excluding hydrogens is 403 g/mol. The van der Waals surface area contributed by atoms with Gasteiger partial charge in [0.1, 0.15) is 0 Å². The van der Waals surface area contributed by atoms with Crippen LogP contribution >= 0.6 is 0 Å². The minimum Gasteiger partial charge on any atom is 4.00 e. The fraction of sp³-hybridized carbons (Fsp3) is 0.400. The van der Waals surface area contributed by atoms with Crippen molar-refractivity contribution in [2.24, 2.45) is 0 Å². The van der Waals surface area contributed by atoms with Gasteiger partial charge in [0.2, 0.25) is 0 Å². The Morgan fingerprint density at radius 1 is 0.842 bits per heavy atom. The smallest absolute Gasteiger partial charge is 4.00 e. The van der Waals surface area contributed by atoms with E-state index in [0.29, 0.717) is 5.41 Å². The molecule has 0 spiro atoms. The zero-order valence-corrected chi connectivity index (χ0v) is 16.4. The average Bonchev–Trinajstić information content (AvgIpc) is 2.16. The van der Waals surface area contributed by atoms with Gasteiger partial charge in [0, 0.05) is 0 Å². The second kappa shape index (κ2) is 13.9. The minimum absolute atomic E-state index is 0. The van der Waals surface area contributed by atoms with Crippen molar-refractivity contribution in [1.29, 1.82) is 0 Å². The maximum absolute atomic E-state index is 8.58. The van der Waals surface area contributed by atoms with Gasteiger partial charge in [-0.15, -0.1) is 0 Å². The van der Waals surface area contributed by atoms with Gasteiger partial charge in [-0.05, 0) is 11.0 Å². The Balaban J connectivity index is -0.000000242. The predicted octanol–water partition coefficient (Wildman–Crippen LogP) is -2.02. The Kier molecular flexibility index (Phi) is 18.3. The van der Waals surface area contributed by atoms with Crippen molar-refractivity contribution in [2.75, 3.05) is 0 Å². The van der Waals surface area contributed by atoms with Gasteiger partial charge in [0.15, 0.2) is 0 Å². The van der Waals surface area contributed by atoms with E-state index >= 15 is 0 Å². The van der Waals surface area contributed by atoms with Crippen LogP contribution in [0.3, 0.4) is 0 Å². The Morgan fingerprint density at radius 3 is 1.26 bits per heavy atom. The first-order valence-electron chi connectivity index (χ1n) is 4.89. The van der Waals surface area contributed by atoms with E-state index in [4.69, 9.17) is 21.4 Å². The standard InChI is InChI=1S/C10H14.6O.2Ti.Zr/c1-10(2,3)9-7-5-4-6-8-9;;;;;;;;;/h4-8H,1-3H3;;;;;;;;;/q;;;4*-1;;;+4. The summed E-state index contributed by atoms with van der Waals surface area (Å²) in [5, 5.41) is 0. The molecule has 0 aromatic heterocycles. The summed E-state index contributed by atoms with van der Waals surface area (Å²) in [6, 6.07) is 10.6. The molecule has 0 N–H and O–H groups in total. The minimum atomic E-state index is -4.08. The molecular formula is C10H14O6Ti2Zr. The van der Waals surface area contributed by atoms with Crippen molar-refractivity contribution in [2.45, 2.75) is 26.2 Å². The van der Waals surface area contributed by atoms with E-state index < -0.39 is 37.2 Å². The summed E-state index contributed by atoms with van der Waals surface area (Å²) in [5.74, 6) is 0. The van der Waals surface area contributed by atoms with Crippen LogP contribution in [0.1, 0.15) is 26.3 Å². The molecule has 19 heavy (non-hydrogen) atoms. The van der Waals surface area contributed by atoms with Crippen LogP contribution in [0.25, 0.3) is 0 Å². The molecule has 0 aliphatic carbocycles. The second-order valence-corrected chi connectivity index (χ2v) is 5.68. The van der Waals surface area contributed by atoms with Gasteiger partial charge in [0.25, 0.3) is 0 Å². The normalized spacial score (nSPS) is 8.79. The van der Waals surface area contributed by atoms with Crippen molar-refractivity contribution in [1.82, 2.24) is 0 Å². The van der Waals surface area contributed by atoms with Gasteiger partial charge in [-0.1, -0.05) is 51.1 Å². The molecule has 0 fully saturated rings. The van der Waals surface area contributed by atoms with Crippen LogP contribution in [0.15, 0.2) is 30.3 Å². The molecule has 0 saturated heterocycles. The molecule has 1 rings (SSSR count). The summed E-state index contributed by atoms with van der Waals surface area (Å²) < 4.78 is 51.5. The van der Waals surface area contributed by atoms with Crippen molar-refractivity contribution in [3.8, 4) is 0 Å². The Labute approximate surface area is 145 Å². The molecule has 0 aliphatic heterocycles. The van der Waals surface area contributed by atoms with Gasteiger partial charge < -0.3 is 0 Å². The number of rotatable bonds is 0. The average molecular weight is 417 g/mol. The maximum atomic E-state index is 8.58. The van der Waals surface area contributed by atoms with Gasteiger partial charge in [-0.25, -0.2) is 0 Å². The number of hydrogen-bond acceptors (Lipinski definition) is 6. The first-order valence-corrected chi connectivity index (χ1v) is 8.71. The number of benzene rings is 1. The Bertz CT molecular complexity index is 346. The van der Waals surface area contributed by atoms with E-state index in [1.54, 1.807) is 0 Å². The molecule has 1 aromatic carbocycles. The topological polar surface area (TPSA) is 126 Å². The summed E-state index contributed by atoms with van der Waals surface area (Å²) in [6.07, 6.45) is 0. The third-order valence-corrected chi connectivity index (χ3v) is 1.64. The first-order chi connectivity index (χ1) is 8.07. The van der Waals surface area contributed by atoms with Crippen molar-refractivity contribution in [3.63, 3.8) is 0 Å². The fourth-order valence-electron chi connectivity index (χ4n) is 0.938. The molecule has 102 valence electrons. The zero-order valence-electron chi connectivity index (χ0n) is 10.8. The van der Waals surface area contributed by atoms with E-state index in [0.717, 1.165) is 0 Å². The first kappa shape index (κ1) is 25.0. The van der Waals surface area contributed by atoms with Crippen molar-refractivity contribution >= 4 is 0 Å². The van der Waals surface area contributed by atoms with E-state index in [2.05, 4.69) is 51.1 Å². The third-order valence-electron chi connectivity index (χ3n) is 1.64. The van der Waals surface area contributed by atoms with Crippen LogP contribution in [-0.4, -0.2) is 0 Å². The molecule has 0 saturated carbocycles. The van der Waals surface area contributed by atoms with E-state index in [-0.39, 0.29) is 26.2 Å². The molecule has 0 heterocycles. The summed E-state index contributed by atoms with van der Waals surface area (Å²) in [6.45, 7) is 6.67. The summed E-state index contributed by atoms with van der Waals surface area (Å²) >= 11 is -8.17. The largest absolute Gasteiger partial charge is 4.00 e. The van der Waals surface area contributed by atoms with Crippen LogP contribution in [0, 0.1) is 0 Å². The zero-order chi connectivity index (χ0) is 14.8. The van der Waals surface area contributed by atoms with E-state index in [1.165, 1.54) is 5.56 Å². The van der Waals surface area contributed by atoms with Crippen LogP contribution in [0.5, 0.6) is 0 Å². The maximum Gasteiger partial charge on any atom is 4.00 e. The molecule has 0 aliphatic rings. The molecule has 0 amide bonds. The quantitative estimate of drug-likeness (QED) is 0.449. The van der Waals surface area contributed by atoms with Crippen LogP contribution in [-0.2, 0) is 75.5 Å². The van der Waals surface area contributed by atoms with Crippen LogP contribution < -0.4 is 14.8 Å². The third kappa shape index (κ3) is 24.4. The molecule has 0 radical (unpaired) electrons. The fourth-order valence-corrected chi connectivity index (χ4v) is 0.938. The Hall–Kier alpha value is 0.972. The summed E-state index contributed by atoms with van der Waals surface area (Å²) in [7, 11) is 0. The van der Waals surface area contributed by atoms with Crippen molar-refractivity contribution < 1.29 is 84.8 Å². The summed E-state index contributed by atoms with van der Waals surface area (Å²) in [4.78, 5) is 0. The van der Waals surface area contributed by atoms with Gasteiger partial charge in [-0.3, -0.25) is 0 Å². The van der Waals surface area contributed by atoms with E-state index in [9.17, 15) is 0 Å². The number of hydrogen-bond donors (Lipinski definition) is 0. The Morgan fingerprint density at radius 2 is 1.11 bits per heavy atom. The summed E-state index contributed by atoms with van der Waals surface area (Å²) in [5.41, 5.74) is 1.69. The van der Waals surface area contributed by atoms with Crippen LogP contribution in [0.4, 0.5) is 0 Å².